The maximum absolute atomic E-state index is 13.1. The number of halogens is 2. The number of anilines is 1. The van der Waals surface area contributed by atoms with Crippen molar-refractivity contribution in [2.24, 2.45) is 0 Å². The van der Waals surface area contributed by atoms with Gasteiger partial charge in [0.25, 0.3) is 5.91 Å². The molecule has 0 spiro atoms. The van der Waals surface area contributed by atoms with Gasteiger partial charge in [-0.1, -0.05) is 22.0 Å². The average molecular weight is 442 g/mol. The van der Waals surface area contributed by atoms with E-state index in [-0.39, 0.29) is 36.3 Å². The van der Waals surface area contributed by atoms with E-state index in [0.29, 0.717) is 22.4 Å². The number of pyridine rings is 1. The van der Waals surface area contributed by atoms with Crippen LogP contribution in [0.2, 0.25) is 0 Å². The smallest absolute Gasteiger partial charge is 0.255 e. The zero-order chi connectivity index (χ0) is 18.7. The summed E-state index contributed by atoms with van der Waals surface area (Å²) in [6.45, 7) is 0.866. The zero-order valence-electron chi connectivity index (χ0n) is 13.8. The fourth-order valence-corrected chi connectivity index (χ4v) is 4.27. The summed E-state index contributed by atoms with van der Waals surface area (Å²) < 4.78 is 36.7. The maximum atomic E-state index is 13.1. The number of nitrogens with one attached hydrogen (secondary N) is 1. The summed E-state index contributed by atoms with van der Waals surface area (Å²) in [4.78, 5) is 18.2. The number of aromatic nitrogens is 1. The van der Waals surface area contributed by atoms with Gasteiger partial charge in [-0.2, -0.15) is 0 Å². The standard InChI is InChI=1S/C17H17BrFN3O3S/c18-15-9-14(19)3-1-12(15)10-20-16-4-2-13(11-21-16)17(23)22-5-7-26(24,25)8-6-22/h1-4,9,11H,5-8,10H2,(H,20,21). The van der Waals surface area contributed by atoms with Crippen molar-refractivity contribution in [3.05, 3.63) is 57.9 Å². The highest BCUT2D eigenvalue weighted by Crippen LogP contribution is 2.19. The topological polar surface area (TPSA) is 79.4 Å². The molecule has 3 rings (SSSR count). The number of benzene rings is 1. The van der Waals surface area contributed by atoms with E-state index >= 15 is 0 Å². The first kappa shape index (κ1) is 18.8. The van der Waals surface area contributed by atoms with Crippen LogP contribution in [0.4, 0.5) is 10.2 Å². The first-order chi connectivity index (χ1) is 12.3. The molecule has 2 aromatic rings. The molecule has 1 N–H and O–H groups in total. The van der Waals surface area contributed by atoms with Crippen molar-refractivity contribution >= 4 is 37.5 Å². The van der Waals surface area contributed by atoms with E-state index in [0.717, 1.165) is 5.56 Å². The van der Waals surface area contributed by atoms with Crippen LogP contribution in [0.5, 0.6) is 0 Å². The Morgan fingerprint density at radius 1 is 1.23 bits per heavy atom. The van der Waals surface area contributed by atoms with Crippen molar-refractivity contribution < 1.29 is 17.6 Å². The summed E-state index contributed by atoms with van der Waals surface area (Å²) >= 11 is 3.31. The molecule has 138 valence electrons. The molecule has 0 unspecified atom stereocenters. The van der Waals surface area contributed by atoms with Gasteiger partial charge in [-0.3, -0.25) is 4.79 Å². The number of nitrogens with zero attached hydrogens (tertiary/aromatic N) is 2. The van der Waals surface area contributed by atoms with E-state index in [1.165, 1.54) is 23.2 Å². The van der Waals surface area contributed by atoms with Gasteiger partial charge < -0.3 is 10.2 Å². The predicted molar refractivity (Wildman–Crippen MR) is 100 cm³/mol. The van der Waals surface area contributed by atoms with Crippen molar-refractivity contribution in [2.45, 2.75) is 6.54 Å². The number of rotatable bonds is 4. The second-order valence-electron chi connectivity index (χ2n) is 5.97. The summed E-state index contributed by atoms with van der Waals surface area (Å²) in [6.07, 6.45) is 1.47. The van der Waals surface area contributed by atoms with Crippen LogP contribution in [0, 0.1) is 5.82 Å². The van der Waals surface area contributed by atoms with E-state index in [4.69, 9.17) is 0 Å². The Morgan fingerprint density at radius 3 is 2.58 bits per heavy atom. The summed E-state index contributed by atoms with van der Waals surface area (Å²) in [5.41, 5.74) is 1.29. The number of sulfone groups is 1. The largest absolute Gasteiger partial charge is 0.366 e. The molecule has 9 heteroatoms. The van der Waals surface area contributed by atoms with Gasteiger partial charge in [0, 0.05) is 30.3 Å². The van der Waals surface area contributed by atoms with Crippen LogP contribution in [0.15, 0.2) is 41.0 Å². The van der Waals surface area contributed by atoms with Crippen molar-refractivity contribution in [2.75, 3.05) is 29.9 Å². The van der Waals surface area contributed by atoms with Gasteiger partial charge in [0.15, 0.2) is 9.84 Å². The van der Waals surface area contributed by atoms with Crippen molar-refractivity contribution in [1.82, 2.24) is 9.88 Å². The van der Waals surface area contributed by atoms with Gasteiger partial charge in [0.1, 0.15) is 11.6 Å². The van der Waals surface area contributed by atoms with E-state index < -0.39 is 9.84 Å². The molecule has 0 atom stereocenters. The highest BCUT2D eigenvalue weighted by atomic mass is 79.9. The van der Waals surface area contributed by atoms with E-state index in [1.54, 1.807) is 18.2 Å². The molecule has 1 aliphatic rings. The average Bonchev–Trinajstić information content (AvgIpc) is 2.61. The Morgan fingerprint density at radius 2 is 1.96 bits per heavy atom. The van der Waals surface area contributed by atoms with Crippen LogP contribution < -0.4 is 5.32 Å². The summed E-state index contributed by atoms with van der Waals surface area (Å²) in [5, 5.41) is 3.11. The second-order valence-corrected chi connectivity index (χ2v) is 9.12. The van der Waals surface area contributed by atoms with Crippen LogP contribution in [-0.2, 0) is 16.4 Å². The summed E-state index contributed by atoms with van der Waals surface area (Å²) in [5.74, 6) is 0.0443. The molecule has 1 aromatic heterocycles. The lowest BCUT2D eigenvalue weighted by Gasteiger charge is -2.26. The third kappa shape index (κ3) is 4.59. The van der Waals surface area contributed by atoms with Crippen LogP contribution in [0.3, 0.4) is 0 Å². The number of hydrogen-bond acceptors (Lipinski definition) is 5. The Bertz CT molecular complexity index is 905. The molecule has 2 heterocycles. The molecule has 0 bridgehead atoms. The van der Waals surface area contributed by atoms with E-state index in [1.807, 2.05) is 0 Å². The molecule has 0 saturated carbocycles. The number of hydrogen-bond donors (Lipinski definition) is 1. The fraction of sp³-hybridized carbons (Fsp3) is 0.294. The minimum Gasteiger partial charge on any atom is -0.366 e. The molecule has 0 aliphatic carbocycles. The molecule has 1 amide bonds. The van der Waals surface area contributed by atoms with Crippen molar-refractivity contribution in [3.8, 4) is 0 Å². The van der Waals surface area contributed by atoms with Gasteiger partial charge in [0.05, 0.1) is 17.1 Å². The molecule has 1 fully saturated rings. The molecule has 0 radical (unpaired) electrons. The lowest BCUT2D eigenvalue weighted by Crippen LogP contribution is -2.43. The zero-order valence-corrected chi connectivity index (χ0v) is 16.2. The molecular weight excluding hydrogens is 425 g/mol. The predicted octanol–water partition coefficient (Wildman–Crippen LogP) is 2.47. The first-order valence-corrected chi connectivity index (χ1v) is 10.6. The summed E-state index contributed by atoms with van der Waals surface area (Å²) in [6, 6.07) is 7.79. The Labute approximate surface area is 159 Å². The van der Waals surface area contributed by atoms with Crippen LogP contribution in [-0.4, -0.2) is 48.8 Å². The van der Waals surface area contributed by atoms with E-state index in [9.17, 15) is 17.6 Å². The van der Waals surface area contributed by atoms with Gasteiger partial charge in [-0.25, -0.2) is 17.8 Å². The SMILES string of the molecule is O=C(c1ccc(NCc2ccc(F)cc2Br)nc1)N1CCS(=O)(=O)CC1. The normalized spacial score (nSPS) is 16.3. The molecule has 26 heavy (non-hydrogen) atoms. The molecule has 1 aliphatic heterocycles. The van der Waals surface area contributed by atoms with Gasteiger partial charge in [0.2, 0.25) is 0 Å². The monoisotopic (exact) mass is 441 g/mol. The van der Waals surface area contributed by atoms with Crippen molar-refractivity contribution in [1.29, 1.82) is 0 Å². The van der Waals surface area contributed by atoms with Crippen LogP contribution >= 0.6 is 15.9 Å². The van der Waals surface area contributed by atoms with Crippen molar-refractivity contribution in [3.63, 3.8) is 0 Å². The number of carbonyl (C=O) groups is 1. The minimum atomic E-state index is -3.02. The molecular formula is C17H17BrFN3O3S. The highest BCUT2D eigenvalue weighted by Gasteiger charge is 2.25. The third-order valence-electron chi connectivity index (χ3n) is 4.12. The molecule has 1 aromatic carbocycles. The Kier molecular flexibility index (Phi) is 5.57. The lowest BCUT2D eigenvalue weighted by molar-refractivity contribution is 0.0770. The Balaban J connectivity index is 1.60. The van der Waals surface area contributed by atoms with E-state index in [2.05, 4.69) is 26.2 Å². The lowest BCUT2D eigenvalue weighted by atomic mass is 10.2. The van der Waals surface area contributed by atoms with Crippen LogP contribution in [0.25, 0.3) is 0 Å². The maximum Gasteiger partial charge on any atom is 0.255 e. The second kappa shape index (κ2) is 7.71. The molecule has 1 saturated heterocycles. The third-order valence-corrected chi connectivity index (χ3v) is 6.46. The van der Waals surface area contributed by atoms with Crippen LogP contribution in [0.1, 0.15) is 15.9 Å². The number of carbonyl (C=O) groups excluding carboxylic acids is 1. The first-order valence-electron chi connectivity index (χ1n) is 7.98. The highest BCUT2D eigenvalue weighted by molar-refractivity contribution is 9.10. The fourth-order valence-electron chi connectivity index (χ4n) is 2.57. The van der Waals surface area contributed by atoms with Gasteiger partial charge >= 0.3 is 0 Å². The molecule has 6 nitrogen and oxygen atoms in total. The minimum absolute atomic E-state index is 0.00163. The quantitative estimate of drug-likeness (QED) is 0.787. The Hall–Kier alpha value is -2.00. The number of amides is 1. The summed E-state index contributed by atoms with van der Waals surface area (Å²) in [7, 11) is -3.02. The van der Waals surface area contributed by atoms with Gasteiger partial charge in [-0.05, 0) is 29.8 Å². The van der Waals surface area contributed by atoms with Gasteiger partial charge in [-0.15, -0.1) is 0 Å².